The van der Waals surface area contributed by atoms with E-state index in [2.05, 4.69) is 22.9 Å². The van der Waals surface area contributed by atoms with Crippen LogP contribution in [-0.4, -0.2) is 41.7 Å². The Morgan fingerprint density at radius 2 is 2.18 bits per heavy atom. The quantitative estimate of drug-likeness (QED) is 0.856. The summed E-state index contributed by atoms with van der Waals surface area (Å²) in [5.41, 5.74) is 0.720. The van der Waals surface area contributed by atoms with E-state index in [9.17, 15) is 4.79 Å². The van der Waals surface area contributed by atoms with Gasteiger partial charge in [0.2, 0.25) is 0 Å². The predicted octanol–water partition coefficient (Wildman–Crippen LogP) is 3.61. The third-order valence-electron chi connectivity index (χ3n) is 3.94. The second-order valence-corrected chi connectivity index (χ2v) is 6.78. The van der Waals surface area contributed by atoms with Gasteiger partial charge in [-0.3, -0.25) is 9.80 Å². The van der Waals surface area contributed by atoms with Crippen molar-refractivity contribution < 1.29 is 9.53 Å². The van der Waals surface area contributed by atoms with Crippen molar-refractivity contribution >= 4 is 11.9 Å². The molecule has 1 aliphatic rings. The van der Waals surface area contributed by atoms with Crippen LogP contribution in [0.2, 0.25) is 0 Å². The minimum absolute atomic E-state index is 0.385. The summed E-state index contributed by atoms with van der Waals surface area (Å²) < 4.78 is 5.36. The average molecular weight is 305 g/mol. The fourth-order valence-corrected chi connectivity index (χ4v) is 2.80. The Hall–Kier alpha value is -1.62. The van der Waals surface area contributed by atoms with E-state index in [1.165, 1.54) is 23.3 Å². The molecular weight excluding hydrogens is 278 g/mol. The van der Waals surface area contributed by atoms with Crippen LogP contribution in [0.3, 0.4) is 0 Å². The van der Waals surface area contributed by atoms with Crippen molar-refractivity contribution in [3.05, 3.63) is 23.9 Å². The summed E-state index contributed by atoms with van der Waals surface area (Å²) in [6.07, 6.45) is 3.91. The zero-order valence-electron chi connectivity index (χ0n) is 14.3. The molecule has 1 saturated heterocycles. The van der Waals surface area contributed by atoms with Gasteiger partial charge in [-0.15, -0.1) is 0 Å². The van der Waals surface area contributed by atoms with Crippen molar-refractivity contribution in [3.63, 3.8) is 0 Å². The van der Waals surface area contributed by atoms with Crippen LogP contribution in [0.15, 0.2) is 18.3 Å². The maximum absolute atomic E-state index is 12.1. The number of anilines is 1. The number of nitrogens with zero attached hydrogens (tertiary/aromatic N) is 3. The number of amides is 1. The fourth-order valence-electron chi connectivity index (χ4n) is 2.80. The van der Waals surface area contributed by atoms with Gasteiger partial charge in [0.1, 0.15) is 11.4 Å². The van der Waals surface area contributed by atoms with Gasteiger partial charge >= 0.3 is 6.09 Å². The Balaban J connectivity index is 2.07. The Morgan fingerprint density at radius 3 is 2.73 bits per heavy atom. The summed E-state index contributed by atoms with van der Waals surface area (Å²) in [6.45, 7) is 9.97. The molecule has 1 fully saturated rings. The van der Waals surface area contributed by atoms with E-state index in [-0.39, 0.29) is 6.09 Å². The maximum atomic E-state index is 12.1. The third kappa shape index (κ3) is 3.97. The molecule has 1 amide bonds. The summed E-state index contributed by atoms with van der Waals surface area (Å²) in [5, 5.41) is 0. The van der Waals surface area contributed by atoms with Crippen LogP contribution in [0, 0.1) is 0 Å². The van der Waals surface area contributed by atoms with Gasteiger partial charge in [-0.25, -0.2) is 9.78 Å². The first-order chi connectivity index (χ1) is 10.3. The van der Waals surface area contributed by atoms with E-state index in [0.717, 1.165) is 13.1 Å². The van der Waals surface area contributed by atoms with Crippen molar-refractivity contribution in [2.45, 2.75) is 52.2 Å². The predicted molar refractivity (Wildman–Crippen MR) is 88.1 cm³/mol. The van der Waals surface area contributed by atoms with Crippen LogP contribution < -0.4 is 4.90 Å². The molecule has 22 heavy (non-hydrogen) atoms. The normalized spacial score (nSPS) is 19.2. The first kappa shape index (κ1) is 16.7. The molecule has 0 radical (unpaired) electrons. The van der Waals surface area contributed by atoms with Crippen molar-refractivity contribution in [2.75, 3.05) is 25.0 Å². The Morgan fingerprint density at radius 1 is 1.45 bits per heavy atom. The molecule has 1 aliphatic heterocycles. The standard InChI is InChI=1S/C17H27N3O2/c1-6-20-11-7-8-14(20)13-9-10-15(18-12-13)19(5)16(21)22-17(2,3)4/h9-10,12,14H,6-8,11H2,1-5H3/t14-/m0/s1. The molecule has 2 heterocycles. The molecule has 0 unspecified atom stereocenters. The molecule has 0 N–H and O–H groups in total. The van der Waals surface area contributed by atoms with Gasteiger partial charge in [-0.2, -0.15) is 0 Å². The lowest BCUT2D eigenvalue weighted by Crippen LogP contribution is -2.34. The molecule has 1 aromatic rings. The average Bonchev–Trinajstić information content (AvgIpc) is 2.93. The summed E-state index contributed by atoms with van der Waals surface area (Å²) in [4.78, 5) is 20.4. The van der Waals surface area contributed by atoms with Gasteiger partial charge < -0.3 is 4.74 Å². The van der Waals surface area contributed by atoms with Gasteiger partial charge in [-0.05, 0) is 58.3 Å². The highest BCUT2D eigenvalue weighted by atomic mass is 16.6. The zero-order valence-corrected chi connectivity index (χ0v) is 14.3. The number of hydrogen-bond donors (Lipinski definition) is 0. The Kier molecular flexibility index (Phi) is 5.06. The fraction of sp³-hybridized carbons (Fsp3) is 0.647. The molecule has 0 aliphatic carbocycles. The largest absolute Gasteiger partial charge is 0.443 e. The van der Waals surface area contributed by atoms with E-state index in [4.69, 9.17) is 4.74 Å². The second kappa shape index (κ2) is 6.65. The number of rotatable bonds is 3. The van der Waals surface area contributed by atoms with Gasteiger partial charge in [-0.1, -0.05) is 13.0 Å². The monoisotopic (exact) mass is 305 g/mol. The highest BCUT2D eigenvalue weighted by Crippen LogP contribution is 2.31. The smallest absolute Gasteiger partial charge is 0.415 e. The molecular formula is C17H27N3O2. The van der Waals surface area contributed by atoms with Crippen LogP contribution in [0.4, 0.5) is 10.6 Å². The van der Waals surface area contributed by atoms with Crippen LogP contribution >= 0.6 is 0 Å². The number of carbonyl (C=O) groups excluding carboxylic acids is 1. The molecule has 1 atom stereocenters. The highest BCUT2D eigenvalue weighted by molar-refractivity contribution is 5.85. The minimum Gasteiger partial charge on any atom is -0.443 e. The van der Waals surface area contributed by atoms with E-state index >= 15 is 0 Å². The second-order valence-electron chi connectivity index (χ2n) is 6.78. The highest BCUT2D eigenvalue weighted by Gasteiger charge is 2.25. The minimum atomic E-state index is -0.503. The van der Waals surface area contributed by atoms with Gasteiger partial charge in [0.25, 0.3) is 0 Å². The lowest BCUT2D eigenvalue weighted by atomic mass is 10.1. The van der Waals surface area contributed by atoms with Crippen molar-refractivity contribution in [1.82, 2.24) is 9.88 Å². The van der Waals surface area contributed by atoms with Crippen LogP contribution in [-0.2, 0) is 4.74 Å². The Bertz CT molecular complexity index is 508. The lowest BCUT2D eigenvalue weighted by molar-refractivity contribution is 0.0588. The molecule has 2 rings (SSSR count). The molecule has 1 aromatic heterocycles. The first-order valence-electron chi connectivity index (χ1n) is 7.98. The van der Waals surface area contributed by atoms with Crippen LogP contribution in [0.1, 0.15) is 52.1 Å². The van der Waals surface area contributed by atoms with Gasteiger partial charge in [0.15, 0.2) is 0 Å². The maximum Gasteiger partial charge on any atom is 0.415 e. The SMILES string of the molecule is CCN1CCC[C@H]1c1ccc(N(C)C(=O)OC(C)(C)C)nc1. The van der Waals surface area contributed by atoms with Crippen molar-refractivity contribution in [3.8, 4) is 0 Å². The van der Waals surface area contributed by atoms with Gasteiger partial charge in [0, 0.05) is 19.3 Å². The van der Waals surface area contributed by atoms with E-state index < -0.39 is 5.60 Å². The number of hydrogen-bond acceptors (Lipinski definition) is 4. The number of aromatic nitrogens is 1. The van der Waals surface area contributed by atoms with E-state index in [1.807, 2.05) is 33.0 Å². The molecule has 0 spiro atoms. The summed E-state index contributed by atoms with van der Waals surface area (Å²) in [5.74, 6) is 0.610. The molecule has 0 saturated carbocycles. The number of ether oxygens (including phenoxy) is 1. The number of likely N-dealkylation sites (tertiary alicyclic amines) is 1. The van der Waals surface area contributed by atoms with Crippen LogP contribution in [0.25, 0.3) is 0 Å². The summed E-state index contributed by atoms with van der Waals surface area (Å²) in [6, 6.07) is 4.42. The molecule has 0 bridgehead atoms. The third-order valence-corrected chi connectivity index (χ3v) is 3.94. The van der Waals surface area contributed by atoms with Crippen molar-refractivity contribution in [1.29, 1.82) is 0 Å². The number of carbonyl (C=O) groups is 1. The Labute approximate surface area is 133 Å². The van der Waals surface area contributed by atoms with E-state index in [1.54, 1.807) is 7.05 Å². The molecule has 122 valence electrons. The summed E-state index contributed by atoms with van der Waals surface area (Å²) in [7, 11) is 1.68. The van der Waals surface area contributed by atoms with E-state index in [0.29, 0.717) is 11.9 Å². The topological polar surface area (TPSA) is 45.7 Å². The van der Waals surface area contributed by atoms with Gasteiger partial charge in [0.05, 0.1) is 0 Å². The van der Waals surface area contributed by atoms with Crippen molar-refractivity contribution in [2.24, 2.45) is 0 Å². The summed E-state index contributed by atoms with van der Waals surface area (Å²) >= 11 is 0. The zero-order chi connectivity index (χ0) is 16.3. The number of pyridine rings is 1. The van der Waals surface area contributed by atoms with Crippen LogP contribution in [0.5, 0.6) is 0 Å². The lowest BCUT2D eigenvalue weighted by Gasteiger charge is -2.25. The molecule has 5 heteroatoms. The molecule has 5 nitrogen and oxygen atoms in total. The molecule has 0 aromatic carbocycles. The first-order valence-corrected chi connectivity index (χ1v) is 7.98.